The molecule has 0 unspecified atom stereocenters. The molecular formula is C15H16N6O. The Labute approximate surface area is 127 Å². The molecule has 0 bridgehead atoms. The zero-order chi connectivity index (χ0) is 15.5. The molecule has 0 aliphatic heterocycles. The maximum Gasteiger partial charge on any atom is 0.253 e. The molecule has 0 fully saturated rings. The Morgan fingerprint density at radius 2 is 2.09 bits per heavy atom. The van der Waals surface area contributed by atoms with E-state index < -0.39 is 0 Å². The Morgan fingerprint density at radius 1 is 1.27 bits per heavy atom. The monoisotopic (exact) mass is 296 g/mol. The van der Waals surface area contributed by atoms with Gasteiger partial charge in [-0.2, -0.15) is 0 Å². The predicted molar refractivity (Wildman–Crippen MR) is 81.1 cm³/mol. The van der Waals surface area contributed by atoms with Crippen molar-refractivity contribution in [3.63, 3.8) is 0 Å². The van der Waals surface area contributed by atoms with Gasteiger partial charge in [-0.1, -0.05) is 6.07 Å². The smallest absolute Gasteiger partial charge is 0.253 e. The van der Waals surface area contributed by atoms with Gasteiger partial charge in [-0.05, 0) is 26.0 Å². The molecule has 0 spiro atoms. The van der Waals surface area contributed by atoms with Crippen molar-refractivity contribution in [2.45, 2.75) is 26.4 Å². The van der Waals surface area contributed by atoms with Crippen LogP contribution in [0.25, 0.3) is 11.0 Å². The van der Waals surface area contributed by atoms with E-state index in [2.05, 4.69) is 25.5 Å². The summed E-state index contributed by atoms with van der Waals surface area (Å²) in [5.41, 5.74) is 1.79. The number of fused-ring (bicyclic) bond motifs is 1. The maximum atomic E-state index is 12.4. The van der Waals surface area contributed by atoms with Crippen molar-refractivity contribution in [3.8, 4) is 0 Å². The van der Waals surface area contributed by atoms with Crippen molar-refractivity contribution in [1.82, 2.24) is 30.0 Å². The number of carbonyl (C=O) groups is 1. The van der Waals surface area contributed by atoms with Gasteiger partial charge in [0.15, 0.2) is 5.82 Å². The van der Waals surface area contributed by atoms with Gasteiger partial charge in [0.05, 0.1) is 17.6 Å². The highest BCUT2D eigenvalue weighted by Crippen LogP contribution is 2.14. The van der Waals surface area contributed by atoms with Crippen molar-refractivity contribution in [2.24, 2.45) is 0 Å². The first-order chi connectivity index (χ1) is 10.7. The van der Waals surface area contributed by atoms with Gasteiger partial charge >= 0.3 is 0 Å². The molecule has 3 rings (SSSR count). The van der Waals surface area contributed by atoms with Crippen LogP contribution in [0.5, 0.6) is 0 Å². The zero-order valence-corrected chi connectivity index (χ0v) is 12.4. The highest BCUT2D eigenvalue weighted by atomic mass is 16.1. The summed E-state index contributed by atoms with van der Waals surface area (Å²) in [6.07, 6.45) is 4.85. The fraction of sp³-hybridized carbons (Fsp3) is 0.267. The summed E-state index contributed by atoms with van der Waals surface area (Å²) in [6, 6.07) is 5.60. The summed E-state index contributed by atoms with van der Waals surface area (Å²) in [7, 11) is 0. The summed E-state index contributed by atoms with van der Waals surface area (Å²) in [5.74, 6) is 0.513. The number of carbonyl (C=O) groups excluding carboxylic acids is 1. The summed E-state index contributed by atoms with van der Waals surface area (Å²) < 4.78 is 1.92. The van der Waals surface area contributed by atoms with Crippen molar-refractivity contribution in [3.05, 3.63) is 48.3 Å². The molecule has 0 saturated heterocycles. The Hall–Kier alpha value is -2.83. The third-order valence-corrected chi connectivity index (χ3v) is 3.35. The highest BCUT2D eigenvalue weighted by molar-refractivity contribution is 6.04. The normalized spacial score (nSPS) is 11.0. The number of benzene rings is 1. The first-order valence-corrected chi connectivity index (χ1v) is 7.03. The molecule has 0 aliphatic rings. The molecule has 3 aromatic rings. The Morgan fingerprint density at radius 3 is 2.91 bits per heavy atom. The number of hydrogen-bond acceptors (Lipinski definition) is 5. The Balaban J connectivity index is 1.81. The lowest BCUT2D eigenvalue weighted by molar-refractivity contribution is 0.0950. The van der Waals surface area contributed by atoms with Crippen LogP contribution in [0, 0.1) is 0 Å². The van der Waals surface area contributed by atoms with Crippen molar-refractivity contribution in [2.75, 3.05) is 0 Å². The van der Waals surface area contributed by atoms with Gasteiger partial charge in [0.25, 0.3) is 5.91 Å². The van der Waals surface area contributed by atoms with E-state index in [4.69, 9.17) is 0 Å². The maximum absolute atomic E-state index is 12.4. The van der Waals surface area contributed by atoms with Gasteiger partial charge in [0, 0.05) is 18.4 Å². The van der Waals surface area contributed by atoms with Crippen LogP contribution in [0.2, 0.25) is 0 Å². The first kappa shape index (κ1) is 14.1. The summed E-state index contributed by atoms with van der Waals surface area (Å²) in [5, 5.41) is 10.8. The van der Waals surface area contributed by atoms with Gasteiger partial charge in [-0.3, -0.25) is 14.8 Å². The molecule has 1 amide bonds. The molecule has 1 N–H and O–H groups in total. The summed E-state index contributed by atoms with van der Waals surface area (Å²) in [6.45, 7) is 4.39. The molecule has 2 heterocycles. The molecule has 22 heavy (non-hydrogen) atoms. The fourth-order valence-corrected chi connectivity index (χ4v) is 2.25. The summed E-state index contributed by atoms with van der Waals surface area (Å²) in [4.78, 5) is 20.8. The Bertz CT molecular complexity index is 805. The molecule has 2 aromatic heterocycles. The number of amides is 1. The van der Waals surface area contributed by atoms with E-state index >= 15 is 0 Å². The number of nitrogens with one attached hydrogen (secondary N) is 1. The lowest BCUT2D eigenvalue weighted by Gasteiger charge is -2.11. The largest absolute Gasteiger partial charge is 0.345 e. The molecule has 1 aromatic carbocycles. The number of aromatic nitrogens is 5. The lowest BCUT2D eigenvalue weighted by atomic mass is 10.1. The van der Waals surface area contributed by atoms with E-state index in [0.717, 1.165) is 5.82 Å². The van der Waals surface area contributed by atoms with Gasteiger partial charge in [0.2, 0.25) is 0 Å². The number of hydrogen-bond donors (Lipinski definition) is 1. The van der Waals surface area contributed by atoms with Crippen LogP contribution in [0.3, 0.4) is 0 Å². The van der Waals surface area contributed by atoms with Crippen molar-refractivity contribution < 1.29 is 4.79 Å². The molecule has 7 heteroatoms. The van der Waals surface area contributed by atoms with Gasteiger partial charge in [-0.15, -0.1) is 10.2 Å². The highest BCUT2D eigenvalue weighted by Gasteiger charge is 2.13. The minimum Gasteiger partial charge on any atom is -0.345 e. The second kappa shape index (κ2) is 5.88. The number of nitrogens with zero attached hydrogens (tertiary/aromatic N) is 5. The van der Waals surface area contributed by atoms with Crippen LogP contribution >= 0.6 is 0 Å². The average molecular weight is 296 g/mol. The van der Waals surface area contributed by atoms with Crippen LogP contribution in [-0.2, 0) is 6.54 Å². The average Bonchev–Trinajstić information content (AvgIpc) is 3.01. The number of para-hydroxylation sites is 1. The standard InChI is InChI=1S/C15H16N6O/c1-10(2)21-9-19-20-13(21)8-18-15(22)11-4-3-5-12-14(11)17-7-6-16-12/h3-7,9-10H,8H2,1-2H3,(H,18,22). The Kier molecular flexibility index (Phi) is 3.78. The van der Waals surface area contributed by atoms with Crippen LogP contribution in [-0.4, -0.2) is 30.6 Å². The predicted octanol–water partition coefficient (Wildman–Crippen LogP) is 1.73. The first-order valence-electron chi connectivity index (χ1n) is 7.03. The van der Waals surface area contributed by atoms with E-state index in [9.17, 15) is 4.79 Å². The quantitative estimate of drug-likeness (QED) is 0.792. The number of rotatable bonds is 4. The third kappa shape index (κ3) is 2.65. The molecule has 0 saturated carbocycles. The molecule has 0 radical (unpaired) electrons. The van der Waals surface area contributed by atoms with Crippen molar-refractivity contribution in [1.29, 1.82) is 0 Å². The van der Waals surface area contributed by atoms with E-state index in [1.165, 1.54) is 0 Å². The van der Waals surface area contributed by atoms with Crippen LogP contribution in [0.4, 0.5) is 0 Å². The third-order valence-electron chi connectivity index (χ3n) is 3.35. The van der Waals surface area contributed by atoms with Gasteiger partial charge in [-0.25, -0.2) is 0 Å². The molecule has 0 atom stereocenters. The van der Waals surface area contributed by atoms with E-state index in [0.29, 0.717) is 23.1 Å². The second-order valence-electron chi connectivity index (χ2n) is 5.16. The summed E-state index contributed by atoms with van der Waals surface area (Å²) >= 11 is 0. The van der Waals surface area contributed by atoms with Crippen LogP contribution in [0.1, 0.15) is 36.1 Å². The van der Waals surface area contributed by atoms with E-state index in [-0.39, 0.29) is 11.9 Å². The SMILES string of the molecule is CC(C)n1cnnc1CNC(=O)c1cccc2nccnc12. The van der Waals surface area contributed by atoms with E-state index in [1.807, 2.05) is 24.5 Å². The van der Waals surface area contributed by atoms with Gasteiger partial charge < -0.3 is 9.88 Å². The van der Waals surface area contributed by atoms with E-state index in [1.54, 1.807) is 30.9 Å². The minimum absolute atomic E-state index is 0.204. The zero-order valence-electron chi connectivity index (χ0n) is 12.4. The molecule has 112 valence electrons. The lowest BCUT2D eigenvalue weighted by Crippen LogP contribution is -2.25. The van der Waals surface area contributed by atoms with Crippen LogP contribution < -0.4 is 5.32 Å². The molecule has 0 aliphatic carbocycles. The van der Waals surface area contributed by atoms with Crippen molar-refractivity contribution >= 4 is 16.9 Å². The molecular weight excluding hydrogens is 280 g/mol. The second-order valence-corrected chi connectivity index (χ2v) is 5.16. The minimum atomic E-state index is -0.204. The van der Waals surface area contributed by atoms with Crippen LogP contribution in [0.15, 0.2) is 36.9 Å². The van der Waals surface area contributed by atoms with Gasteiger partial charge in [0.1, 0.15) is 11.8 Å². The molecule has 7 nitrogen and oxygen atoms in total. The topological polar surface area (TPSA) is 85.6 Å². The fourth-order valence-electron chi connectivity index (χ4n) is 2.25.